The predicted octanol–water partition coefficient (Wildman–Crippen LogP) is 1.75. The van der Waals surface area contributed by atoms with Gasteiger partial charge in [0.1, 0.15) is 5.82 Å². The highest BCUT2D eigenvalue weighted by Gasteiger charge is 2.13. The average molecular weight is 265 g/mol. The van der Waals surface area contributed by atoms with Crippen molar-refractivity contribution in [3.8, 4) is 0 Å². The van der Waals surface area contributed by atoms with Crippen LogP contribution in [0.15, 0.2) is 18.3 Å². The molecule has 5 nitrogen and oxygen atoms in total. The zero-order valence-electron chi connectivity index (χ0n) is 11.9. The van der Waals surface area contributed by atoms with Gasteiger partial charge in [0.05, 0.1) is 31.2 Å². The van der Waals surface area contributed by atoms with E-state index in [4.69, 9.17) is 9.47 Å². The Morgan fingerprint density at radius 1 is 1.32 bits per heavy atom. The summed E-state index contributed by atoms with van der Waals surface area (Å²) in [5, 5.41) is 3.39. The Hall–Kier alpha value is -1.33. The number of rotatable bonds is 5. The van der Waals surface area contributed by atoms with Gasteiger partial charge < -0.3 is 19.7 Å². The van der Waals surface area contributed by atoms with E-state index < -0.39 is 0 Å². The summed E-state index contributed by atoms with van der Waals surface area (Å²) >= 11 is 0. The lowest BCUT2D eigenvalue weighted by Gasteiger charge is -2.28. The summed E-state index contributed by atoms with van der Waals surface area (Å²) in [6.07, 6.45) is 2.04. The lowest BCUT2D eigenvalue weighted by atomic mass is 10.2. The van der Waals surface area contributed by atoms with Gasteiger partial charge in [0.25, 0.3) is 0 Å². The molecule has 0 aromatic carbocycles. The largest absolute Gasteiger partial charge is 0.380 e. The Morgan fingerprint density at radius 3 is 2.63 bits per heavy atom. The number of hydrogen-bond donors (Lipinski definition) is 1. The second-order valence-corrected chi connectivity index (χ2v) is 4.88. The molecular weight excluding hydrogens is 242 g/mol. The van der Waals surface area contributed by atoms with Crippen LogP contribution in [0.4, 0.5) is 11.5 Å². The summed E-state index contributed by atoms with van der Waals surface area (Å²) in [4.78, 5) is 6.75. The molecule has 1 aromatic heterocycles. The molecule has 5 heteroatoms. The fourth-order valence-corrected chi connectivity index (χ4v) is 2.04. The molecular formula is C14H23N3O2. The van der Waals surface area contributed by atoms with E-state index in [9.17, 15) is 0 Å². The van der Waals surface area contributed by atoms with Crippen LogP contribution < -0.4 is 10.2 Å². The van der Waals surface area contributed by atoms with Crippen LogP contribution in [0, 0.1) is 0 Å². The van der Waals surface area contributed by atoms with Crippen LogP contribution in [0.25, 0.3) is 0 Å². The van der Waals surface area contributed by atoms with Gasteiger partial charge in [0, 0.05) is 26.2 Å². The first-order chi connectivity index (χ1) is 9.20. The summed E-state index contributed by atoms with van der Waals surface area (Å²) in [7, 11) is 1.72. The number of hydrogen-bond acceptors (Lipinski definition) is 5. The average Bonchev–Trinajstić information content (AvgIpc) is 2.48. The highest BCUT2D eigenvalue weighted by molar-refractivity contribution is 5.49. The third-order valence-corrected chi connectivity index (χ3v) is 3.55. The molecule has 2 rings (SSSR count). The van der Waals surface area contributed by atoms with Crippen LogP contribution in [0.2, 0.25) is 0 Å². The number of methoxy groups -OCH3 is 1. The Morgan fingerprint density at radius 2 is 2.05 bits per heavy atom. The molecule has 0 bridgehead atoms. The minimum atomic E-state index is 0.166. The SMILES string of the molecule is COC(C)C(C)Nc1ccc(N2CCOCC2)nc1. The minimum absolute atomic E-state index is 0.166. The molecule has 0 amide bonds. The molecule has 19 heavy (non-hydrogen) atoms. The molecule has 1 fully saturated rings. The van der Waals surface area contributed by atoms with Gasteiger partial charge in [0.15, 0.2) is 0 Å². The maximum atomic E-state index is 5.34. The van der Waals surface area contributed by atoms with Crippen LogP contribution in [0.3, 0.4) is 0 Å². The van der Waals surface area contributed by atoms with Crippen LogP contribution in [-0.2, 0) is 9.47 Å². The summed E-state index contributed by atoms with van der Waals surface area (Å²) in [6, 6.07) is 4.37. The van der Waals surface area contributed by atoms with Gasteiger partial charge >= 0.3 is 0 Å². The molecule has 2 unspecified atom stereocenters. The van der Waals surface area contributed by atoms with E-state index in [2.05, 4.69) is 34.3 Å². The number of pyridine rings is 1. The minimum Gasteiger partial charge on any atom is -0.380 e. The number of morpholine rings is 1. The summed E-state index contributed by atoms with van der Waals surface area (Å²) < 4.78 is 10.6. The van der Waals surface area contributed by atoms with Crippen molar-refractivity contribution in [3.63, 3.8) is 0 Å². The number of nitrogens with one attached hydrogen (secondary N) is 1. The smallest absolute Gasteiger partial charge is 0.128 e. The predicted molar refractivity (Wildman–Crippen MR) is 76.8 cm³/mol. The first kappa shape index (κ1) is 14.1. The van der Waals surface area contributed by atoms with Crippen molar-refractivity contribution < 1.29 is 9.47 Å². The zero-order chi connectivity index (χ0) is 13.7. The van der Waals surface area contributed by atoms with Crippen molar-refractivity contribution in [1.82, 2.24) is 4.98 Å². The number of aromatic nitrogens is 1. The molecule has 2 heterocycles. The number of ether oxygens (including phenoxy) is 2. The van der Waals surface area contributed by atoms with Crippen LogP contribution in [0.5, 0.6) is 0 Å². The maximum Gasteiger partial charge on any atom is 0.128 e. The summed E-state index contributed by atoms with van der Waals surface area (Å²) in [5.41, 5.74) is 1.02. The maximum absolute atomic E-state index is 5.34. The molecule has 1 saturated heterocycles. The third kappa shape index (κ3) is 3.81. The van der Waals surface area contributed by atoms with E-state index >= 15 is 0 Å². The zero-order valence-corrected chi connectivity index (χ0v) is 11.9. The van der Waals surface area contributed by atoms with Gasteiger partial charge in [0.2, 0.25) is 0 Å². The fraction of sp³-hybridized carbons (Fsp3) is 0.643. The van der Waals surface area contributed by atoms with Gasteiger partial charge in [-0.2, -0.15) is 0 Å². The molecule has 1 aromatic rings. The van der Waals surface area contributed by atoms with E-state index in [1.165, 1.54) is 0 Å². The summed E-state index contributed by atoms with van der Waals surface area (Å²) in [6.45, 7) is 7.54. The first-order valence-electron chi connectivity index (χ1n) is 6.79. The summed E-state index contributed by atoms with van der Waals surface area (Å²) in [5.74, 6) is 1.02. The molecule has 1 N–H and O–H groups in total. The Balaban J connectivity index is 1.94. The van der Waals surface area contributed by atoms with Crippen molar-refractivity contribution in [3.05, 3.63) is 18.3 Å². The van der Waals surface area contributed by atoms with Crippen LogP contribution >= 0.6 is 0 Å². The highest BCUT2D eigenvalue weighted by Crippen LogP contribution is 2.16. The van der Waals surface area contributed by atoms with Crippen molar-refractivity contribution in [1.29, 1.82) is 0 Å². The first-order valence-corrected chi connectivity index (χ1v) is 6.79. The normalized spacial score (nSPS) is 19.0. The second-order valence-electron chi connectivity index (χ2n) is 4.88. The number of nitrogens with zero attached hydrogens (tertiary/aromatic N) is 2. The molecule has 0 aliphatic carbocycles. The lowest BCUT2D eigenvalue weighted by molar-refractivity contribution is 0.106. The quantitative estimate of drug-likeness (QED) is 0.879. The van der Waals surface area contributed by atoms with Gasteiger partial charge in [-0.15, -0.1) is 0 Å². The van der Waals surface area contributed by atoms with Gasteiger partial charge in [-0.3, -0.25) is 0 Å². The second kappa shape index (κ2) is 6.73. The van der Waals surface area contributed by atoms with E-state index in [-0.39, 0.29) is 12.1 Å². The standard InChI is InChI=1S/C14H23N3O2/c1-11(12(2)18-3)16-13-4-5-14(15-10-13)17-6-8-19-9-7-17/h4-5,10-12,16H,6-9H2,1-3H3. The third-order valence-electron chi connectivity index (χ3n) is 3.55. The van der Waals surface area contributed by atoms with Crippen molar-refractivity contribution in [2.45, 2.75) is 26.0 Å². The molecule has 1 aliphatic rings. The fourth-order valence-electron chi connectivity index (χ4n) is 2.04. The Kier molecular flexibility index (Phi) is 4.99. The molecule has 106 valence electrons. The lowest BCUT2D eigenvalue weighted by Crippen LogP contribution is -2.36. The van der Waals surface area contributed by atoms with E-state index in [0.717, 1.165) is 37.8 Å². The molecule has 0 radical (unpaired) electrons. The van der Waals surface area contributed by atoms with Gasteiger partial charge in [-0.05, 0) is 26.0 Å². The molecule has 1 aliphatic heterocycles. The van der Waals surface area contributed by atoms with Crippen molar-refractivity contribution >= 4 is 11.5 Å². The molecule has 2 atom stereocenters. The van der Waals surface area contributed by atoms with Crippen molar-refractivity contribution in [2.75, 3.05) is 43.6 Å². The molecule has 0 spiro atoms. The Labute approximate surface area is 114 Å². The van der Waals surface area contributed by atoms with E-state index in [1.807, 2.05) is 13.1 Å². The topological polar surface area (TPSA) is 46.6 Å². The highest BCUT2D eigenvalue weighted by atomic mass is 16.5. The van der Waals surface area contributed by atoms with E-state index in [1.54, 1.807) is 7.11 Å². The van der Waals surface area contributed by atoms with Crippen LogP contribution in [-0.4, -0.2) is 50.5 Å². The molecule has 0 saturated carbocycles. The van der Waals surface area contributed by atoms with E-state index in [0.29, 0.717) is 0 Å². The van der Waals surface area contributed by atoms with Gasteiger partial charge in [-0.1, -0.05) is 0 Å². The Bertz CT molecular complexity index is 377. The monoisotopic (exact) mass is 265 g/mol. The van der Waals surface area contributed by atoms with Gasteiger partial charge in [-0.25, -0.2) is 4.98 Å². The van der Waals surface area contributed by atoms with Crippen molar-refractivity contribution in [2.24, 2.45) is 0 Å². The number of anilines is 2. The van der Waals surface area contributed by atoms with Crippen LogP contribution in [0.1, 0.15) is 13.8 Å².